The van der Waals surface area contributed by atoms with Gasteiger partial charge in [-0.05, 0) is 23.1 Å². The van der Waals surface area contributed by atoms with Gasteiger partial charge in [-0.2, -0.15) is 4.98 Å². The van der Waals surface area contributed by atoms with E-state index in [1.165, 1.54) is 29.7 Å². The molecule has 0 bridgehead atoms. The molecule has 0 fully saturated rings. The van der Waals surface area contributed by atoms with Gasteiger partial charge >= 0.3 is 5.97 Å². The molecule has 174 valence electrons. The van der Waals surface area contributed by atoms with Gasteiger partial charge in [-0.3, -0.25) is 19.3 Å². The standard InChI is InChI=1S/C23H26N4O5S/c1-22(2,3)13(10-16(28)29)17-19(31)25-15-9-12(7-8-27(15)20(17)32)18(30)26-21-24-14(11-33-21)23(4,5)6/h7-11,31H,1-6H3,(H,28,29)(H,24,26,30)/b13-10-. The first kappa shape index (κ1) is 24.1. The van der Waals surface area contributed by atoms with Crippen molar-refractivity contribution in [3.8, 4) is 5.88 Å². The van der Waals surface area contributed by atoms with E-state index in [0.717, 1.165) is 16.2 Å². The van der Waals surface area contributed by atoms with Crippen LogP contribution in [0, 0.1) is 5.41 Å². The van der Waals surface area contributed by atoms with Crippen molar-refractivity contribution in [1.82, 2.24) is 14.4 Å². The number of nitrogens with zero attached hydrogens (tertiary/aromatic N) is 3. The second kappa shape index (κ2) is 8.43. The minimum atomic E-state index is -1.24. The van der Waals surface area contributed by atoms with Gasteiger partial charge in [0.1, 0.15) is 11.2 Å². The summed E-state index contributed by atoms with van der Waals surface area (Å²) in [6.45, 7) is 11.3. The van der Waals surface area contributed by atoms with Crippen LogP contribution in [0.2, 0.25) is 0 Å². The molecule has 0 aliphatic rings. The van der Waals surface area contributed by atoms with E-state index in [1.807, 2.05) is 26.2 Å². The number of hydrogen-bond acceptors (Lipinski definition) is 7. The maximum absolute atomic E-state index is 13.1. The average molecular weight is 471 g/mol. The predicted molar refractivity (Wildman–Crippen MR) is 127 cm³/mol. The third-order valence-electron chi connectivity index (χ3n) is 4.91. The first-order valence-electron chi connectivity index (χ1n) is 10.2. The largest absolute Gasteiger partial charge is 0.493 e. The highest BCUT2D eigenvalue weighted by Crippen LogP contribution is 2.35. The topological polar surface area (TPSA) is 134 Å². The van der Waals surface area contributed by atoms with Crippen LogP contribution in [0.4, 0.5) is 5.13 Å². The number of aliphatic carboxylic acids is 1. The average Bonchev–Trinajstić information content (AvgIpc) is 3.14. The number of pyridine rings is 1. The van der Waals surface area contributed by atoms with Gasteiger partial charge in [-0.15, -0.1) is 11.3 Å². The summed E-state index contributed by atoms with van der Waals surface area (Å²) in [5.41, 5.74) is -0.464. The van der Waals surface area contributed by atoms with Crippen molar-refractivity contribution in [2.45, 2.75) is 47.0 Å². The number of fused-ring (bicyclic) bond motifs is 1. The van der Waals surface area contributed by atoms with Gasteiger partial charge in [0.2, 0.25) is 5.88 Å². The summed E-state index contributed by atoms with van der Waals surface area (Å²) in [7, 11) is 0. The molecule has 3 heterocycles. The van der Waals surface area contributed by atoms with Crippen LogP contribution in [0.3, 0.4) is 0 Å². The van der Waals surface area contributed by atoms with E-state index < -0.39 is 28.7 Å². The molecule has 0 aliphatic carbocycles. The zero-order chi connectivity index (χ0) is 24.7. The number of hydrogen-bond donors (Lipinski definition) is 3. The summed E-state index contributed by atoms with van der Waals surface area (Å²) >= 11 is 1.31. The highest BCUT2D eigenvalue weighted by atomic mass is 32.1. The normalized spacial score (nSPS) is 12.7. The van der Waals surface area contributed by atoms with Gasteiger partial charge in [0.05, 0.1) is 5.69 Å². The van der Waals surface area contributed by atoms with Crippen molar-refractivity contribution >= 4 is 39.6 Å². The lowest BCUT2D eigenvalue weighted by Crippen LogP contribution is -2.24. The van der Waals surface area contributed by atoms with Crippen LogP contribution in [0.25, 0.3) is 11.2 Å². The Balaban J connectivity index is 2.02. The maximum Gasteiger partial charge on any atom is 0.328 e. The van der Waals surface area contributed by atoms with Gasteiger partial charge in [0.15, 0.2) is 5.13 Å². The Hall–Kier alpha value is -3.53. The first-order chi connectivity index (χ1) is 15.2. The predicted octanol–water partition coefficient (Wildman–Crippen LogP) is 3.92. The second-order valence-corrected chi connectivity index (χ2v) is 10.5. The molecule has 10 heteroatoms. The van der Waals surface area contributed by atoms with Crippen LogP contribution in [0.15, 0.2) is 34.6 Å². The molecule has 33 heavy (non-hydrogen) atoms. The minimum Gasteiger partial charge on any atom is -0.493 e. The van der Waals surface area contributed by atoms with Crippen LogP contribution in [-0.4, -0.2) is 36.5 Å². The molecule has 1 amide bonds. The van der Waals surface area contributed by atoms with Crippen molar-refractivity contribution in [2.75, 3.05) is 5.32 Å². The molecular formula is C23H26N4O5S. The lowest BCUT2D eigenvalue weighted by atomic mass is 9.82. The summed E-state index contributed by atoms with van der Waals surface area (Å²) in [6.07, 6.45) is 2.26. The Labute approximate surface area is 194 Å². The van der Waals surface area contributed by atoms with Gasteiger partial charge in [0.25, 0.3) is 11.5 Å². The molecule has 0 atom stereocenters. The molecule has 0 aromatic carbocycles. The lowest BCUT2D eigenvalue weighted by Gasteiger charge is -2.23. The molecule has 0 saturated carbocycles. The fourth-order valence-electron chi connectivity index (χ4n) is 3.14. The van der Waals surface area contributed by atoms with E-state index in [9.17, 15) is 24.6 Å². The quantitative estimate of drug-likeness (QED) is 0.492. The second-order valence-electron chi connectivity index (χ2n) is 9.65. The lowest BCUT2D eigenvalue weighted by molar-refractivity contribution is -0.131. The van der Waals surface area contributed by atoms with E-state index in [1.54, 1.807) is 20.8 Å². The number of carboxylic acid groups (broad SMARTS) is 1. The van der Waals surface area contributed by atoms with Crippen LogP contribution in [0.1, 0.15) is 63.2 Å². The number of allylic oxidation sites excluding steroid dienone is 1. The fraction of sp³-hybridized carbons (Fsp3) is 0.348. The SMILES string of the molecule is CC(C)(C)/C(=C\C(=O)O)c1c(O)nc2cc(C(=O)Nc3nc(C(C)(C)C)cs3)ccn2c1=O. The van der Waals surface area contributed by atoms with E-state index in [4.69, 9.17) is 0 Å². The number of rotatable bonds is 4. The third kappa shape index (κ3) is 5.11. The number of carbonyl (C=O) groups excluding carboxylic acids is 1. The first-order valence-corrected chi connectivity index (χ1v) is 11.0. The van der Waals surface area contributed by atoms with E-state index in [-0.39, 0.29) is 27.8 Å². The molecule has 0 aliphatic heterocycles. The Morgan fingerprint density at radius 3 is 2.36 bits per heavy atom. The van der Waals surface area contributed by atoms with Crippen LogP contribution in [-0.2, 0) is 10.2 Å². The summed E-state index contributed by atoms with van der Waals surface area (Å²) in [5, 5.41) is 24.8. The molecule has 3 aromatic rings. The van der Waals surface area contributed by atoms with E-state index in [2.05, 4.69) is 15.3 Å². The van der Waals surface area contributed by atoms with E-state index in [0.29, 0.717) is 5.13 Å². The van der Waals surface area contributed by atoms with Crippen molar-refractivity contribution in [3.63, 3.8) is 0 Å². The number of thiazole rings is 1. The zero-order valence-electron chi connectivity index (χ0n) is 19.3. The summed E-state index contributed by atoms with van der Waals surface area (Å²) in [6, 6.07) is 2.82. The Bertz CT molecular complexity index is 1340. The van der Waals surface area contributed by atoms with Gasteiger partial charge in [0, 0.05) is 28.6 Å². The molecule has 0 spiro atoms. The summed E-state index contributed by atoms with van der Waals surface area (Å²) in [4.78, 5) is 45.6. The molecular weight excluding hydrogens is 444 g/mol. The molecule has 3 rings (SSSR count). The number of aromatic hydroxyl groups is 1. The molecule has 3 N–H and O–H groups in total. The van der Waals surface area contributed by atoms with Crippen LogP contribution >= 0.6 is 11.3 Å². The van der Waals surface area contributed by atoms with Gasteiger partial charge < -0.3 is 10.2 Å². The molecule has 0 unspecified atom stereocenters. The van der Waals surface area contributed by atoms with E-state index >= 15 is 0 Å². The number of carbonyl (C=O) groups is 2. The maximum atomic E-state index is 13.1. The number of aromatic nitrogens is 3. The number of carboxylic acids is 1. The van der Waals surface area contributed by atoms with Crippen LogP contribution in [0.5, 0.6) is 5.88 Å². The number of nitrogens with one attached hydrogen (secondary N) is 1. The number of amides is 1. The third-order valence-corrected chi connectivity index (χ3v) is 5.67. The van der Waals surface area contributed by atoms with Crippen molar-refractivity contribution in [1.29, 1.82) is 0 Å². The zero-order valence-corrected chi connectivity index (χ0v) is 20.1. The molecule has 9 nitrogen and oxygen atoms in total. The van der Waals surface area contributed by atoms with Crippen molar-refractivity contribution in [3.05, 3.63) is 57.0 Å². The summed E-state index contributed by atoms with van der Waals surface area (Å²) < 4.78 is 1.16. The molecule has 0 saturated heterocycles. The van der Waals surface area contributed by atoms with Crippen molar-refractivity contribution < 1.29 is 19.8 Å². The molecule has 0 radical (unpaired) electrons. The monoisotopic (exact) mass is 470 g/mol. The highest BCUT2D eigenvalue weighted by molar-refractivity contribution is 7.14. The van der Waals surface area contributed by atoms with Crippen molar-refractivity contribution in [2.24, 2.45) is 5.41 Å². The number of anilines is 1. The smallest absolute Gasteiger partial charge is 0.328 e. The fourth-order valence-corrected chi connectivity index (χ4v) is 4.07. The van der Waals surface area contributed by atoms with Gasteiger partial charge in [-0.25, -0.2) is 9.78 Å². The summed E-state index contributed by atoms with van der Waals surface area (Å²) in [5.74, 6) is -2.28. The Kier molecular flexibility index (Phi) is 6.16. The minimum absolute atomic E-state index is 0.0482. The highest BCUT2D eigenvalue weighted by Gasteiger charge is 2.27. The molecule has 3 aromatic heterocycles. The van der Waals surface area contributed by atoms with Crippen LogP contribution < -0.4 is 10.9 Å². The Morgan fingerprint density at radius 2 is 1.82 bits per heavy atom. The van der Waals surface area contributed by atoms with Gasteiger partial charge in [-0.1, -0.05) is 41.5 Å². The Morgan fingerprint density at radius 1 is 1.15 bits per heavy atom.